The summed E-state index contributed by atoms with van der Waals surface area (Å²) in [5, 5.41) is 3.89. The van der Waals surface area contributed by atoms with Crippen LogP contribution in [-0.2, 0) is 0 Å². The summed E-state index contributed by atoms with van der Waals surface area (Å²) in [6.45, 7) is 12.8. The van der Waals surface area contributed by atoms with Crippen molar-refractivity contribution in [1.29, 1.82) is 0 Å². The summed E-state index contributed by atoms with van der Waals surface area (Å²) < 4.78 is 0. The fourth-order valence-electron chi connectivity index (χ4n) is 1.51. The molecule has 0 atom stereocenters. The number of carbonyl (C=O) groups is 1. The fourth-order valence-corrected chi connectivity index (χ4v) is 2.58. The zero-order valence-corrected chi connectivity index (χ0v) is 12.8. The molecule has 0 bridgehead atoms. The molecular weight excluding hydrogens is 260 g/mol. The number of nitrogen functional groups attached to an aromatic ring is 1. The summed E-state index contributed by atoms with van der Waals surface area (Å²) in [4.78, 5) is 18.7. The first-order chi connectivity index (χ1) is 8.78. The van der Waals surface area contributed by atoms with E-state index in [0.717, 1.165) is 0 Å². The smallest absolute Gasteiger partial charge is 0.268 e. The molecule has 0 spiro atoms. The standard InChI is InChI=1S/C13H22N4OS/c1-6-8-17(7-2)11(18)9-10(14)15-12(19-9)16-13(3,4)5/h6H,1,7-8,14H2,2-5H3,(H,15,16). The molecule has 3 N–H and O–H groups in total. The summed E-state index contributed by atoms with van der Waals surface area (Å²) >= 11 is 1.29. The van der Waals surface area contributed by atoms with Gasteiger partial charge in [0.1, 0.15) is 10.7 Å². The van der Waals surface area contributed by atoms with Crippen molar-refractivity contribution in [2.75, 3.05) is 24.1 Å². The molecule has 0 radical (unpaired) electrons. The van der Waals surface area contributed by atoms with Crippen LogP contribution in [0.1, 0.15) is 37.4 Å². The minimum absolute atomic E-state index is 0.0978. The van der Waals surface area contributed by atoms with Crippen molar-refractivity contribution in [2.45, 2.75) is 33.2 Å². The van der Waals surface area contributed by atoms with Crippen LogP contribution < -0.4 is 11.1 Å². The van der Waals surface area contributed by atoms with E-state index >= 15 is 0 Å². The molecule has 106 valence electrons. The van der Waals surface area contributed by atoms with Gasteiger partial charge in [0.05, 0.1) is 0 Å². The van der Waals surface area contributed by atoms with Crippen LogP contribution in [0.15, 0.2) is 12.7 Å². The molecule has 1 heterocycles. The number of thiazole rings is 1. The minimum atomic E-state index is -0.115. The van der Waals surface area contributed by atoms with E-state index < -0.39 is 0 Å². The van der Waals surface area contributed by atoms with E-state index in [4.69, 9.17) is 5.73 Å². The number of nitrogens with two attached hydrogens (primary N) is 1. The summed E-state index contributed by atoms with van der Waals surface area (Å²) in [6.07, 6.45) is 1.70. The molecule has 0 saturated carbocycles. The number of hydrogen-bond donors (Lipinski definition) is 2. The quantitative estimate of drug-likeness (QED) is 0.814. The van der Waals surface area contributed by atoms with Crippen molar-refractivity contribution in [3.63, 3.8) is 0 Å². The van der Waals surface area contributed by atoms with Gasteiger partial charge in [-0.3, -0.25) is 4.79 Å². The SMILES string of the molecule is C=CCN(CC)C(=O)c1sc(NC(C)(C)C)nc1N. The highest BCUT2D eigenvalue weighted by Crippen LogP contribution is 2.28. The Hall–Kier alpha value is -1.56. The molecule has 5 nitrogen and oxygen atoms in total. The molecule has 0 aliphatic heterocycles. The summed E-state index contributed by atoms with van der Waals surface area (Å²) in [7, 11) is 0. The molecule has 1 aromatic rings. The van der Waals surface area contributed by atoms with Crippen molar-refractivity contribution in [1.82, 2.24) is 9.88 Å². The first kappa shape index (κ1) is 15.5. The van der Waals surface area contributed by atoms with E-state index in [1.807, 2.05) is 27.7 Å². The topological polar surface area (TPSA) is 71.2 Å². The van der Waals surface area contributed by atoms with Gasteiger partial charge in [0.15, 0.2) is 5.13 Å². The summed E-state index contributed by atoms with van der Waals surface area (Å²) in [5.74, 6) is 0.184. The van der Waals surface area contributed by atoms with Crippen molar-refractivity contribution in [2.24, 2.45) is 0 Å². The second-order valence-corrected chi connectivity index (χ2v) is 6.24. The Bertz CT molecular complexity index is 462. The Balaban J connectivity index is 2.95. The predicted octanol–water partition coefficient (Wildman–Crippen LogP) is 2.58. The number of rotatable bonds is 5. The van der Waals surface area contributed by atoms with Crippen LogP contribution in [0, 0.1) is 0 Å². The fraction of sp³-hybridized carbons (Fsp3) is 0.538. The molecule has 19 heavy (non-hydrogen) atoms. The number of anilines is 2. The van der Waals surface area contributed by atoms with Gasteiger partial charge in [0.2, 0.25) is 0 Å². The molecule has 0 aromatic carbocycles. The highest BCUT2D eigenvalue weighted by Gasteiger charge is 2.22. The lowest BCUT2D eigenvalue weighted by Gasteiger charge is -2.19. The number of hydrogen-bond acceptors (Lipinski definition) is 5. The van der Waals surface area contributed by atoms with E-state index in [1.165, 1.54) is 11.3 Å². The predicted molar refractivity (Wildman–Crippen MR) is 81.7 cm³/mol. The van der Waals surface area contributed by atoms with Crippen LogP contribution in [0.3, 0.4) is 0 Å². The molecule has 1 rings (SSSR count). The Kier molecular flexibility index (Phi) is 4.94. The first-order valence-corrected chi connectivity index (χ1v) is 7.04. The van der Waals surface area contributed by atoms with Gasteiger partial charge in [-0.15, -0.1) is 6.58 Å². The van der Waals surface area contributed by atoms with Crippen molar-refractivity contribution >= 4 is 28.2 Å². The third-order valence-corrected chi connectivity index (χ3v) is 3.32. The monoisotopic (exact) mass is 282 g/mol. The van der Waals surface area contributed by atoms with E-state index in [0.29, 0.717) is 23.1 Å². The van der Waals surface area contributed by atoms with Gasteiger partial charge in [0.25, 0.3) is 5.91 Å². The summed E-state index contributed by atoms with van der Waals surface area (Å²) in [6, 6.07) is 0. The van der Waals surface area contributed by atoms with Crippen LogP contribution in [-0.4, -0.2) is 34.4 Å². The average molecular weight is 282 g/mol. The molecule has 0 unspecified atom stereocenters. The Morgan fingerprint density at radius 2 is 2.21 bits per heavy atom. The molecular formula is C13H22N4OS. The maximum absolute atomic E-state index is 12.3. The van der Waals surface area contributed by atoms with Gasteiger partial charge in [-0.1, -0.05) is 17.4 Å². The van der Waals surface area contributed by atoms with Crippen LogP contribution in [0.2, 0.25) is 0 Å². The normalized spacial score (nSPS) is 11.2. The highest BCUT2D eigenvalue weighted by atomic mass is 32.1. The largest absolute Gasteiger partial charge is 0.382 e. The maximum Gasteiger partial charge on any atom is 0.268 e. The molecule has 1 amide bonds. The molecule has 0 aliphatic carbocycles. The molecule has 0 aliphatic rings. The van der Waals surface area contributed by atoms with Gasteiger partial charge >= 0.3 is 0 Å². The average Bonchev–Trinajstić information content (AvgIpc) is 2.63. The zero-order chi connectivity index (χ0) is 14.6. The number of nitrogens with one attached hydrogen (secondary N) is 1. The molecule has 1 aromatic heterocycles. The van der Waals surface area contributed by atoms with Gasteiger partial charge in [-0.25, -0.2) is 4.98 Å². The number of carbonyl (C=O) groups excluding carboxylic acids is 1. The molecule has 0 saturated heterocycles. The number of aromatic nitrogens is 1. The molecule has 0 fully saturated rings. The second-order valence-electron chi connectivity index (χ2n) is 5.24. The molecule has 6 heteroatoms. The maximum atomic E-state index is 12.3. The van der Waals surface area contributed by atoms with Crippen LogP contribution in [0.25, 0.3) is 0 Å². The first-order valence-electron chi connectivity index (χ1n) is 6.23. The van der Waals surface area contributed by atoms with Crippen molar-refractivity contribution in [3.8, 4) is 0 Å². The van der Waals surface area contributed by atoms with Crippen molar-refractivity contribution < 1.29 is 4.79 Å². The Morgan fingerprint density at radius 3 is 2.68 bits per heavy atom. The minimum Gasteiger partial charge on any atom is -0.382 e. The van der Waals surface area contributed by atoms with E-state index in [9.17, 15) is 4.79 Å². The Labute approximate surface area is 118 Å². The Morgan fingerprint density at radius 1 is 1.58 bits per heavy atom. The third-order valence-electron chi connectivity index (χ3n) is 2.35. The van der Waals surface area contributed by atoms with Crippen LogP contribution >= 0.6 is 11.3 Å². The van der Waals surface area contributed by atoms with Gasteiger partial charge < -0.3 is 16.0 Å². The van der Waals surface area contributed by atoms with Gasteiger partial charge in [-0.05, 0) is 27.7 Å². The second kappa shape index (κ2) is 6.06. The lowest BCUT2D eigenvalue weighted by atomic mass is 10.1. The van der Waals surface area contributed by atoms with Crippen LogP contribution in [0.4, 0.5) is 10.9 Å². The van der Waals surface area contributed by atoms with E-state index in [2.05, 4.69) is 16.9 Å². The van der Waals surface area contributed by atoms with Gasteiger partial charge in [0, 0.05) is 18.6 Å². The van der Waals surface area contributed by atoms with Crippen LogP contribution in [0.5, 0.6) is 0 Å². The lowest BCUT2D eigenvalue weighted by Crippen LogP contribution is -2.30. The van der Waals surface area contributed by atoms with E-state index in [1.54, 1.807) is 11.0 Å². The third kappa shape index (κ3) is 4.24. The van der Waals surface area contributed by atoms with Gasteiger partial charge in [-0.2, -0.15) is 0 Å². The lowest BCUT2D eigenvalue weighted by molar-refractivity contribution is 0.0787. The number of nitrogens with zero attached hydrogens (tertiary/aromatic N) is 2. The summed E-state index contributed by atoms with van der Waals surface area (Å²) in [5.41, 5.74) is 5.72. The van der Waals surface area contributed by atoms with E-state index in [-0.39, 0.29) is 17.3 Å². The highest BCUT2D eigenvalue weighted by molar-refractivity contribution is 7.18. The number of likely N-dealkylation sites (N-methyl/N-ethyl adjacent to an activating group) is 1. The van der Waals surface area contributed by atoms with Crippen molar-refractivity contribution in [3.05, 3.63) is 17.5 Å². The number of amides is 1. The zero-order valence-electron chi connectivity index (χ0n) is 12.0.